The van der Waals surface area contributed by atoms with Gasteiger partial charge in [-0.1, -0.05) is 18.2 Å². The van der Waals surface area contributed by atoms with Crippen LogP contribution in [-0.2, 0) is 27.7 Å². The molecule has 8 heteroatoms. The molecule has 0 fully saturated rings. The molecule has 0 saturated carbocycles. The van der Waals surface area contributed by atoms with Crippen LogP contribution in [0.25, 0.3) is 0 Å². The SMILES string of the molecule is CCOc1ccc(CC(=O)Nc2ccc3c(c2)N(S(=O)(=O)c2ccc(F)cc2)CCC3)cc1. The first-order valence-electron chi connectivity index (χ1n) is 10.8. The number of aryl methyl sites for hydroxylation is 1. The maximum Gasteiger partial charge on any atom is 0.264 e. The number of ether oxygens (including phenoxy) is 1. The summed E-state index contributed by atoms with van der Waals surface area (Å²) in [6.07, 6.45) is 1.60. The van der Waals surface area contributed by atoms with Crippen LogP contribution in [0.15, 0.2) is 71.6 Å². The number of hydrogen-bond donors (Lipinski definition) is 1. The Morgan fingerprint density at radius 2 is 1.79 bits per heavy atom. The molecule has 0 aliphatic carbocycles. The molecule has 0 unspecified atom stereocenters. The molecule has 1 aliphatic rings. The van der Waals surface area contributed by atoms with Gasteiger partial charge in [-0.3, -0.25) is 9.10 Å². The van der Waals surface area contributed by atoms with Crippen molar-refractivity contribution in [2.45, 2.75) is 31.1 Å². The van der Waals surface area contributed by atoms with Gasteiger partial charge in [0.05, 0.1) is 23.6 Å². The highest BCUT2D eigenvalue weighted by molar-refractivity contribution is 7.92. The van der Waals surface area contributed by atoms with E-state index >= 15 is 0 Å². The molecule has 3 aromatic rings. The fourth-order valence-electron chi connectivity index (χ4n) is 3.86. The van der Waals surface area contributed by atoms with Crippen molar-refractivity contribution in [3.8, 4) is 5.75 Å². The van der Waals surface area contributed by atoms with Gasteiger partial charge in [0, 0.05) is 12.2 Å². The Bertz CT molecular complexity index is 1240. The van der Waals surface area contributed by atoms with E-state index in [1.165, 1.54) is 16.4 Å². The molecule has 3 aromatic carbocycles. The van der Waals surface area contributed by atoms with Crippen LogP contribution in [-0.4, -0.2) is 27.5 Å². The van der Waals surface area contributed by atoms with Crippen LogP contribution in [0.5, 0.6) is 5.75 Å². The summed E-state index contributed by atoms with van der Waals surface area (Å²) >= 11 is 0. The van der Waals surface area contributed by atoms with E-state index in [0.717, 1.165) is 35.4 Å². The number of anilines is 2. The summed E-state index contributed by atoms with van der Waals surface area (Å²) in [5, 5.41) is 2.86. The second-order valence-corrected chi connectivity index (χ2v) is 9.64. The van der Waals surface area contributed by atoms with Gasteiger partial charge in [0.25, 0.3) is 10.0 Å². The van der Waals surface area contributed by atoms with E-state index in [4.69, 9.17) is 4.74 Å². The number of benzene rings is 3. The van der Waals surface area contributed by atoms with Gasteiger partial charge < -0.3 is 10.1 Å². The van der Waals surface area contributed by atoms with Crippen LogP contribution in [0.3, 0.4) is 0 Å². The highest BCUT2D eigenvalue weighted by atomic mass is 32.2. The van der Waals surface area contributed by atoms with Crippen LogP contribution in [0, 0.1) is 5.82 Å². The summed E-state index contributed by atoms with van der Waals surface area (Å²) in [5.41, 5.74) is 2.78. The Balaban J connectivity index is 1.53. The Labute approximate surface area is 193 Å². The van der Waals surface area contributed by atoms with Crippen LogP contribution in [0.2, 0.25) is 0 Å². The van der Waals surface area contributed by atoms with Crippen molar-refractivity contribution < 1.29 is 22.3 Å². The molecular weight excluding hydrogens is 443 g/mol. The minimum Gasteiger partial charge on any atom is -0.494 e. The van der Waals surface area contributed by atoms with Crippen LogP contribution in [0.4, 0.5) is 15.8 Å². The van der Waals surface area contributed by atoms with E-state index in [0.29, 0.717) is 30.9 Å². The first-order valence-corrected chi connectivity index (χ1v) is 12.2. The minimum absolute atomic E-state index is 0.0293. The standard InChI is InChI=1S/C25H25FN2O4S/c1-2-32-22-11-5-18(6-12-22)16-25(29)27-21-10-7-19-4-3-15-28(24(19)17-21)33(30,31)23-13-8-20(26)9-14-23/h5-14,17H,2-4,15-16H2,1H3,(H,27,29). The highest BCUT2D eigenvalue weighted by Crippen LogP contribution is 2.34. The monoisotopic (exact) mass is 468 g/mol. The van der Waals surface area contributed by atoms with Gasteiger partial charge in [0.2, 0.25) is 5.91 Å². The number of carbonyl (C=O) groups excluding carboxylic acids is 1. The van der Waals surface area contributed by atoms with Gasteiger partial charge in [-0.25, -0.2) is 12.8 Å². The van der Waals surface area contributed by atoms with Gasteiger partial charge in [0.15, 0.2) is 0 Å². The van der Waals surface area contributed by atoms with Gasteiger partial charge in [-0.05, 0) is 79.4 Å². The lowest BCUT2D eigenvalue weighted by molar-refractivity contribution is -0.115. The smallest absolute Gasteiger partial charge is 0.264 e. The molecule has 0 spiro atoms. The fraction of sp³-hybridized carbons (Fsp3) is 0.240. The lowest BCUT2D eigenvalue weighted by Crippen LogP contribution is -2.35. The van der Waals surface area contributed by atoms with E-state index in [1.807, 2.05) is 37.3 Å². The average Bonchev–Trinajstić information content (AvgIpc) is 2.80. The zero-order valence-corrected chi connectivity index (χ0v) is 19.1. The number of sulfonamides is 1. The fourth-order valence-corrected chi connectivity index (χ4v) is 5.40. The van der Waals surface area contributed by atoms with Crippen molar-refractivity contribution in [3.05, 3.63) is 83.7 Å². The molecule has 1 heterocycles. The van der Waals surface area contributed by atoms with Crippen molar-refractivity contribution in [2.24, 2.45) is 0 Å². The van der Waals surface area contributed by atoms with Crippen molar-refractivity contribution in [1.82, 2.24) is 0 Å². The second-order valence-electron chi connectivity index (χ2n) is 7.78. The molecule has 1 N–H and O–H groups in total. The topological polar surface area (TPSA) is 75.7 Å². The summed E-state index contributed by atoms with van der Waals surface area (Å²) < 4.78 is 46.5. The molecule has 1 amide bonds. The zero-order chi connectivity index (χ0) is 23.4. The van der Waals surface area contributed by atoms with Crippen molar-refractivity contribution >= 4 is 27.3 Å². The van der Waals surface area contributed by atoms with Crippen molar-refractivity contribution in [3.63, 3.8) is 0 Å². The molecule has 0 saturated heterocycles. The number of carbonyl (C=O) groups is 1. The summed E-state index contributed by atoms with van der Waals surface area (Å²) in [7, 11) is -3.85. The molecule has 6 nitrogen and oxygen atoms in total. The third-order valence-corrected chi connectivity index (χ3v) is 7.27. The van der Waals surface area contributed by atoms with Crippen LogP contribution in [0.1, 0.15) is 24.5 Å². The maximum absolute atomic E-state index is 13.3. The molecule has 33 heavy (non-hydrogen) atoms. The Hall–Kier alpha value is -3.39. The number of nitrogens with zero attached hydrogens (tertiary/aromatic N) is 1. The third kappa shape index (κ3) is 5.17. The van der Waals surface area contributed by atoms with E-state index in [2.05, 4.69) is 5.32 Å². The quantitative estimate of drug-likeness (QED) is 0.552. The molecule has 0 bridgehead atoms. The molecule has 4 rings (SSSR count). The summed E-state index contributed by atoms with van der Waals surface area (Å²) in [6, 6.07) is 17.4. The van der Waals surface area contributed by atoms with E-state index in [1.54, 1.807) is 12.1 Å². The van der Waals surface area contributed by atoms with Gasteiger partial charge in [-0.15, -0.1) is 0 Å². The van der Waals surface area contributed by atoms with Crippen LogP contribution < -0.4 is 14.4 Å². The van der Waals surface area contributed by atoms with Crippen molar-refractivity contribution in [2.75, 3.05) is 22.8 Å². The minimum atomic E-state index is -3.85. The lowest BCUT2D eigenvalue weighted by Gasteiger charge is -2.31. The Morgan fingerprint density at radius 3 is 2.48 bits per heavy atom. The first kappa shape index (κ1) is 22.8. The summed E-state index contributed by atoms with van der Waals surface area (Å²) in [5.74, 6) is 0.0483. The van der Waals surface area contributed by atoms with E-state index in [-0.39, 0.29) is 17.2 Å². The highest BCUT2D eigenvalue weighted by Gasteiger charge is 2.29. The summed E-state index contributed by atoms with van der Waals surface area (Å²) in [4.78, 5) is 12.6. The number of rotatable bonds is 7. The number of fused-ring (bicyclic) bond motifs is 1. The Kier molecular flexibility index (Phi) is 6.65. The first-order chi connectivity index (χ1) is 15.9. The lowest BCUT2D eigenvalue weighted by atomic mass is 10.0. The average molecular weight is 469 g/mol. The molecular formula is C25H25FN2O4S. The van der Waals surface area contributed by atoms with Gasteiger partial charge in [-0.2, -0.15) is 0 Å². The Morgan fingerprint density at radius 1 is 1.06 bits per heavy atom. The summed E-state index contributed by atoms with van der Waals surface area (Å²) in [6.45, 7) is 2.80. The third-order valence-electron chi connectivity index (χ3n) is 5.45. The second kappa shape index (κ2) is 9.62. The molecule has 172 valence electrons. The predicted octanol–water partition coefficient (Wildman–Crippen LogP) is 4.55. The van der Waals surface area contributed by atoms with E-state index in [9.17, 15) is 17.6 Å². The normalized spacial score (nSPS) is 13.3. The largest absolute Gasteiger partial charge is 0.494 e. The molecule has 0 radical (unpaired) electrons. The van der Waals surface area contributed by atoms with Gasteiger partial charge >= 0.3 is 0 Å². The van der Waals surface area contributed by atoms with E-state index < -0.39 is 15.8 Å². The van der Waals surface area contributed by atoms with Crippen molar-refractivity contribution in [1.29, 1.82) is 0 Å². The molecule has 0 aromatic heterocycles. The molecule has 0 atom stereocenters. The number of hydrogen-bond acceptors (Lipinski definition) is 4. The predicted molar refractivity (Wildman–Crippen MR) is 126 cm³/mol. The number of halogens is 1. The maximum atomic E-state index is 13.3. The number of nitrogens with one attached hydrogen (secondary N) is 1. The number of amides is 1. The zero-order valence-electron chi connectivity index (χ0n) is 18.3. The van der Waals surface area contributed by atoms with Crippen LogP contribution >= 0.6 is 0 Å². The molecule has 1 aliphatic heterocycles. The van der Waals surface area contributed by atoms with Gasteiger partial charge in [0.1, 0.15) is 11.6 Å².